The molecule has 1 aliphatic heterocycles. The lowest BCUT2D eigenvalue weighted by Gasteiger charge is -2.32. The molecule has 3 fully saturated rings. The van der Waals surface area contributed by atoms with Crippen LogP contribution in [0.2, 0.25) is 0 Å². The van der Waals surface area contributed by atoms with Crippen LogP contribution < -0.4 is 0 Å². The molecule has 2 nitrogen and oxygen atoms in total. The molecular weight excluding hydrogens is 198 g/mol. The van der Waals surface area contributed by atoms with Crippen molar-refractivity contribution in [3.63, 3.8) is 0 Å². The lowest BCUT2D eigenvalue weighted by molar-refractivity contribution is 0.105. The van der Waals surface area contributed by atoms with Gasteiger partial charge in [-0.15, -0.1) is 0 Å². The Hall–Kier alpha value is -0.0800. The zero-order valence-electron chi connectivity index (χ0n) is 10.5. The Morgan fingerprint density at radius 2 is 1.69 bits per heavy atom. The normalized spacial score (nSPS) is 43.3. The van der Waals surface area contributed by atoms with Crippen molar-refractivity contribution in [2.45, 2.75) is 32.1 Å². The first-order valence-electron chi connectivity index (χ1n) is 7.10. The second-order valence-corrected chi connectivity index (χ2v) is 6.12. The summed E-state index contributed by atoms with van der Waals surface area (Å²) < 4.78 is 5.21. The van der Waals surface area contributed by atoms with Crippen LogP contribution in [0, 0.1) is 23.7 Å². The molecule has 3 aliphatic rings. The number of ether oxygens (including phenoxy) is 1. The summed E-state index contributed by atoms with van der Waals surface area (Å²) in [7, 11) is 1.82. The van der Waals surface area contributed by atoms with E-state index in [9.17, 15) is 0 Å². The minimum absolute atomic E-state index is 0.911. The molecule has 0 aromatic rings. The van der Waals surface area contributed by atoms with E-state index in [1.165, 1.54) is 38.8 Å². The van der Waals surface area contributed by atoms with Gasteiger partial charge < -0.3 is 9.64 Å². The number of piperidine rings is 1. The minimum Gasteiger partial charge on any atom is -0.383 e. The van der Waals surface area contributed by atoms with Gasteiger partial charge in [0.1, 0.15) is 0 Å². The third kappa shape index (κ3) is 1.91. The number of fused-ring (bicyclic) bond motifs is 5. The van der Waals surface area contributed by atoms with Gasteiger partial charge in [-0.1, -0.05) is 12.8 Å². The summed E-state index contributed by atoms with van der Waals surface area (Å²) in [5.41, 5.74) is 0. The summed E-state index contributed by atoms with van der Waals surface area (Å²) >= 11 is 0. The molecule has 92 valence electrons. The first kappa shape index (κ1) is 11.0. The largest absolute Gasteiger partial charge is 0.383 e. The molecular formula is C14H25NO. The number of hydrogen-bond donors (Lipinski definition) is 0. The molecule has 0 aromatic carbocycles. The smallest absolute Gasteiger partial charge is 0.0589 e. The van der Waals surface area contributed by atoms with Crippen molar-refractivity contribution in [3.8, 4) is 0 Å². The Kier molecular flexibility index (Phi) is 3.21. The van der Waals surface area contributed by atoms with Crippen LogP contribution in [0.25, 0.3) is 0 Å². The molecule has 1 heterocycles. The van der Waals surface area contributed by atoms with Crippen LogP contribution in [0.15, 0.2) is 0 Å². The predicted octanol–water partition coefficient (Wildman–Crippen LogP) is 2.39. The maximum absolute atomic E-state index is 5.21. The lowest BCUT2D eigenvalue weighted by Crippen LogP contribution is -2.39. The Bertz CT molecular complexity index is 223. The number of rotatable bonds is 3. The molecule has 4 unspecified atom stereocenters. The zero-order chi connectivity index (χ0) is 11.0. The Labute approximate surface area is 99.3 Å². The number of likely N-dealkylation sites (tertiary alicyclic amines) is 1. The van der Waals surface area contributed by atoms with Gasteiger partial charge in [-0.3, -0.25) is 0 Å². The van der Waals surface area contributed by atoms with Crippen LogP contribution in [0.1, 0.15) is 32.1 Å². The van der Waals surface area contributed by atoms with E-state index in [1.807, 2.05) is 7.11 Å². The van der Waals surface area contributed by atoms with Crippen molar-refractivity contribution in [2.24, 2.45) is 23.7 Å². The summed E-state index contributed by atoms with van der Waals surface area (Å²) in [6.45, 7) is 4.79. The molecule has 2 bridgehead atoms. The molecule has 2 heteroatoms. The summed E-state index contributed by atoms with van der Waals surface area (Å²) in [4.78, 5) is 2.67. The average Bonchev–Trinajstić information content (AvgIpc) is 2.60. The van der Waals surface area contributed by atoms with Crippen LogP contribution in [-0.4, -0.2) is 38.3 Å². The standard InChI is InChI=1S/C14H25NO/c1-16-7-6-15-9-11-8-12(10-15)14-5-3-2-4-13(11)14/h11-14H,2-10H2,1H3. The molecule has 3 rings (SSSR count). The number of methoxy groups -OCH3 is 1. The van der Waals surface area contributed by atoms with E-state index in [4.69, 9.17) is 4.74 Å². The molecule has 0 aromatic heterocycles. The van der Waals surface area contributed by atoms with E-state index < -0.39 is 0 Å². The van der Waals surface area contributed by atoms with E-state index in [-0.39, 0.29) is 0 Å². The van der Waals surface area contributed by atoms with Gasteiger partial charge in [0.2, 0.25) is 0 Å². The van der Waals surface area contributed by atoms with Crippen molar-refractivity contribution < 1.29 is 4.74 Å². The highest BCUT2D eigenvalue weighted by molar-refractivity contribution is 4.98. The highest BCUT2D eigenvalue weighted by Gasteiger charge is 2.47. The van der Waals surface area contributed by atoms with Crippen molar-refractivity contribution in [1.82, 2.24) is 4.90 Å². The van der Waals surface area contributed by atoms with Gasteiger partial charge in [0.15, 0.2) is 0 Å². The molecule has 0 spiro atoms. The topological polar surface area (TPSA) is 12.5 Å². The van der Waals surface area contributed by atoms with Crippen LogP contribution in [0.5, 0.6) is 0 Å². The fourth-order valence-corrected chi connectivity index (χ4v) is 4.66. The summed E-state index contributed by atoms with van der Waals surface area (Å²) in [5, 5.41) is 0. The third-order valence-electron chi connectivity index (χ3n) is 5.29. The minimum atomic E-state index is 0.911. The second-order valence-electron chi connectivity index (χ2n) is 6.12. The quantitative estimate of drug-likeness (QED) is 0.728. The van der Waals surface area contributed by atoms with Crippen molar-refractivity contribution in [3.05, 3.63) is 0 Å². The van der Waals surface area contributed by atoms with Crippen LogP contribution in [0.4, 0.5) is 0 Å². The van der Waals surface area contributed by atoms with Gasteiger partial charge in [-0.2, -0.15) is 0 Å². The first-order valence-corrected chi connectivity index (χ1v) is 7.10. The highest BCUT2D eigenvalue weighted by Crippen LogP contribution is 2.51. The van der Waals surface area contributed by atoms with Crippen LogP contribution in [-0.2, 0) is 4.74 Å². The van der Waals surface area contributed by atoms with E-state index in [1.54, 1.807) is 6.42 Å². The van der Waals surface area contributed by atoms with Crippen molar-refractivity contribution in [2.75, 3.05) is 33.4 Å². The molecule has 0 amide bonds. The maximum Gasteiger partial charge on any atom is 0.0589 e. The molecule has 0 radical (unpaired) electrons. The zero-order valence-corrected chi connectivity index (χ0v) is 10.5. The Morgan fingerprint density at radius 3 is 2.25 bits per heavy atom. The molecule has 4 atom stereocenters. The van der Waals surface area contributed by atoms with Gasteiger partial charge in [0.05, 0.1) is 6.61 Å². The maximum atomic E-state index is 5.21. The van der Waals surface area contributed by atoms with Gasteiger partial charge in [0, 0.05) is 26.7 Å². The summed E-state index contributed by atoms with van der Waals surface area (Å²) in [6, 6.07) is 0. The first-order chi connectivity index (χ1) is 7.88. The van der Waals surface area contributed by atoms with Crippen molar-refractivity contribution in [1.29, 1.82) is 0 Å². The molecule has 16 heavy (non-hydrogen) atoms. The monoisotopic (exact) mass is 223 g/mol. The average molecular weight is 223 g/mol. The van der Waals surface area contributed by atoms with Crippen LogP contribution >= 0.6 is 0 Å². The van der Waals surface area contributed by atoms with E-state index in [0.717, 1.165) is 36.8 Å². The van der Waals surface area contributed by atoms with Gasteiger partial charge in [-0.05, 0) is 42.9 Å². The summed E-state index contributed by atoms with van der Waals surface area (Å²) in [6.07, 6.45) is 7.61. The number of nitrogens with zero attached hydrogens (tertiary/aromatic N) is 1. The molecule has 0 N–H and O–H groups in total. The SMILES string of the molecule is COCCN1CC2CC(C1)C1CCCCC21. The lowest BCUT2D eigenvalue weighted by atomic mass is 9.77. The Balaban J connectivity index is 1.64. The molecule has 2 aliphatic carbocycles. The predicted molar refractivity (Wildman–Crippen MR) is 65.4 cm³/mol. The second kappa shape index (κ2) is 4.66. The van der Waals surface area contributed by atoms with E-state index >= 15 is 0 Å². The molecule has 1 saturated heterocycles. The number of hydrogen-bond acceptors (Lipinski definition) is 2. The van der Waals surface area contributed by atoms with Gasteiger partial charge in [-0.25, -0.2) is 0 Å². The fraction of sp³-hybridized carbons (Fsp3) is 1.00. The Morgan fingerprint density at radius 1 is 1.06 bits per heavy atom. The van der Waals surface area contributed by atoms with Crippen molar-refractivity contribution >= 4 is 0 Å². The summed E-state index contributed by atoms with van der Waals surface area (Å²) in [5.74, 6) is 4.24. The third-order valence-corrected chi connectivity index (χ3v) is 5.29. The van der Waals surface area contributed by atoms with Crippen LogP contribution in [0.3, 0.4) is 0 Å². The molecule has 2 saturated carbocycles. The van der Waals surface area contributed by atoms with E-state index in [0.29, 0.717) is 0 Å². The van der Waals surface area contributed by atoms with Gasteiger partial charge in [0.25, 0.3) is 0 Å². The van der Waals surface area contributed by atoms with Gasteiger partial charge >= 0.3 is 0 Å². The van der Waals surface area contributed by atoms with E-state index in [2.05, 4.69) is 4.90 Å². The highest BCUT2D eigenvalue weighted by atomic mass is 16.5. The fourth-order valence-electron chi connectivity index (χ4n) is 4.66.